The molecule has 0 aromatic carbocycles. The molecule has 0 bridgehead atoms. The molecule has 1 heterocycles. The van der Waals surface area contributed by atoms with Crippen molar-refractivity contribution in [3.8, 4) is 0 Å². The number of rotatable bonds is 5. The molecule has 4 nitrogen and oxygen atoms in total. The molecule has 0 aliphatic carbocycles. The van der Waals surface area contributed by atoms with Crippen LogP contribution in [0.15, 0.2) is 0 Å². The summed E-state index contributed by atoms with van der Waals surface area (Å²) in [5, 5.41) is 0. The first-order valence-electron chi connectivity index (χ1n) is 5.61. The predicted molar refractivity (Wildman–Crippen MR) is 63.4 cm³/mol. The van der Waals surface area contributed by atoms with Crippen LogP contribution in [0, 0.1) is 0 Å². The second-order valence-electron chi connectivity index (χ2n) is 3.79. The lowest BCUT2D eigenvalue weighted by Crippen LogP contribution is -2.27. The highest BCUT2D eigenvalue weighted by molar-refractivity contribution is 7.97. The molecule has 0 saturated carbocycles. The van der Waals surface area contributed by atoms with Crippen molar-refractivity contribution in [2.45, 2.75) is 26.2 Å². The molecular weight excluding hydrogens is 228 g/mol. The molecular formula is C11H19O4S+. The van der Waals surface area contributed by atoms with Crippen molar-refractivity contribution in [2.24, 2.45) is 0 Å². The van der Waals surface area contributed by atoms with E-state index < -0.39 is 0 Å². The van der Waals surface area contributed by atoms with Gasteiger partial charge in [0, 0.05) is 6.92 Å². The van der Waals surface area contributed by atoms with Crippen molar-refractivity contribution in [3.63, 3.8) is 0 Å². The van der Waals surface area contributed by atoms with Crippen molar-refractivity contribution in [1.82, 2.24) is 0 Å². The fraction of sp³-hybridized carbons (Fsp3) is 0.818. The quantitative estimate of drug-likeness (QED) is 0.411. The number of esters is 2. The summed E-state index contributed by atoms with van der Waals surface area (Å²) in [6.45, 7) is 1.68. The molecule has 1 aliphatic heterocycles. The summed E-state index contributed by atoms with van der Waals surface area (Å²) < 4.78 is 9.65. The zero-order valence-electron chi connectivity index (χ0n) is 9.70. The van der Waals surface area contributed by atoms with Gasteiger partial charge in [-0.2, -0.15) is 0 Å². The molecule has 1 aliphatic rings. The molecule has 5 heteroatoms. The van der Waals surface area contributed by atoms with Gasteiger partial charge in [-0.25, -0.2) is 4.79 Å². The monoisotopic (exact) mass is 247 g/mol. The number of hydrogen-bond donors (Lipinski definition) is 0. The van der Waals surface area contributed by atoms with Crippen LogP contribution in [0.1, 0.15) is 26.2 Å². The minimum atomic E-state index is -0.342. The first kappa shape index (κ1) is 13.4. The van der Waals surface area contributed by atoms with Crippen LogP contribution in [-0.4, -0.2) is 42.4 Å². The summed E-state index contributed by atoms with van der Waals surface area (Å²) in [7, 11) is 0.229. The van der Waals surface area contributed by atoms with E-state index in [1.165, 1.54) is 37.7 Å². The Balaban J connectivity index is 2.03. The van der Waals surface area contributed by atoms with E-state index in [0.29, 0.717) is 5.75 Å². The van der Waals surface area contributed by atoms with Gasteiger partial charge >= 0.3 is 11.9 Å². The lowest BCUT2D eigenvalue weighted by molar-refractivity contribution is -0.149. The molecule has 0 N–H and O–H groups in total. The third-order valence-corrected chi connectivity index (χ3v) is 4.72. The smallest absolute Gasteiger partial charge is 0.356 e. The van der Waals surface area contributed by atoms with Crippen LogP contribution in [0.4, 0.5) is 0 Å². The maximum Gasteiger partial charge on any atom is 0.356 e. The van der Waals surface area contributed by atoms with Crippen LogP contribution in [0.5, 0.6) is 0 Å². The molecule has 0 radical (unpaired) electrons. The van der Waals surface area contributed by atoms with Crippen LogP contribution in [-0.2, 0) is 30.0 Å². The van der Waals surface area contributed by atoms with E-state index in [4.69, 9.17) is 4.74 Å². The number of carbonyl (C=O) groups excluding carboxylic acids is 2. The minimum absolute atomic E-state index is 0.155. The second-order valence-corrected chi connectivity index (χ2v) is 6.12. The van der Waals surface area contributed by atoms with E-state index in [1.807, 2.05) is 0 Å². The van der Waals surface area contributed by atoms with E-state index in [1.54, 1.807) is 0 Å². The van der Waals surface area contributed by atoms with Gasteiger partial charge in [0.05, 0.1) is 0 Å². The Morgan fingerprint density at radius 3 is 2.31 bits per heavy atom. The highest BCUT2D eigenvalue weighted by Gasteiger charge is 2.25. The van der Waals surface area contributed by atoms with Crippen LogP contribution < -0.4 is 0 Å². The topological polar surface area (TPSA) is 52.6 Å². The Hall–Kier alpha value is -0.710. The van der Waals surface area contributed by atoms with Gasteiger partial charge in [0.1, 0.15) is 24.7 Å². The summed E-state index contributed by atoms with van der Waals surface area (Å²) in [6, 6.07) is 0. The fourth-order valence-electron chi connectivity index (χ4n) is 1.58. The minimum Gasteiger partial charge on any atom is -0.462 e. The largest absolute Gasteiger partial charge is 0.462 e. The van der Waals surface area contributed by atoms with Gasteiger partial charge in [-0.1, -0.05) is 0 Å². The highest BCUT2D eigenvalue weighted by Crippen LogP contribution is 2.13. The van der Waals surface area contributed by atoms with E-state index in [0.717, 1.165) is 0 Å². The molecule has 1 rings (SSSR count). The average molecular weight is 247 g/mol. The maximum atomic E-state index is 11.4. The van der Waals surface area contributed by atoms with Crippen LogP contribution >= 0.6 is 0 Å². The Labute approximate surface area is 99.0 Å². The summed E-state index contributed by atoms with van der Waals surface area (Å²) in [5.41, 5.74) is 0. The normalized spacial score (nSPS) is 16.8. The maximum absolute atomic E-state index is 11.4. The van der Waals surface area contributed by atoms with E-state index in [-0.39, 0.29) is 36.0 Å². The van der Waals surface area contributed by atoms with Gasteiger partial charge in [0.15, 0.2) is 0 Å². The van der Waals surface area contributed by atoms with Crippen molar-refractivity contribution in [3.05, 3.63) is 0 Å². The van der Waals surface area contributed by atoms with Gasteiger partial charge in [0.25, 0.3) is 0 Å². The first-order valence-corrected chi connectivity index (χ1v) is 7.35. The van der Waals surface area contributed by atoms with Crippen molar-refractivity contribution in [2.75, 3.05) is 30.5 Å². The van der Waals surface area contributed by atoms with E-state index in [9.17, 15) is 9.59 Å². The Bertz CT molecular complexity index is 236. The molecule has 0 aromatic heterocycles. The molecule has 0 atom stereocenters. The van der Waals surface area contributed by atoms with Crippen molar-refractivity contribution in [1.29, 1.82) is 0 Å². The Morgan fingerprint density at radius 2 is 1.69 bits per heavy atom. The number of ether oxygens (including phenoxy) is 2. The molecule has 16 heavy (non-hydrogen) atoms. The van der Waals surface area contributed by atoms with Gasteiger partial charge in [0.2, 0.25) is 5.75 Å². The molecule has 0 spiro atoms. The number of hydrogen-bond acceptors (Lipinski definition) is 4. The van der Waals surface area contributed by atoms with Gasteiger partial charge in [-0.05, 0) is 30.2 Å². The third-order valence-electron chi connectivity index (χ3n) is 2.34. The van der Waals surface area contributed by atoms with Crippen LogP contribution in [0.2, 0.25) is 0 Å². The lowest BCUT2D eigenvalue weighted by Gasteiger charge is -2.12. The summed E-state index contributed by atoms with van der Waals surface area (Å²) in [5.74, 6) is 2.38. The molecule has 0 unspecified atom stereocenters. The summed E-state index contributed by atoms with van der Waals surface area (Å²) in [4.78, 5) is 21.8. The SMILES string of the molecule is CC(=O)OCCOC(=O)C[S+]1CCCCC1. The van der Waals surface area contributed by atoms with E-state index >= 15 is 0 Å². The van der Waals surface area contributed by atoms with E-state index in [2.05, 4.69) is 4.74 Å². The number of carbonyl (C=O) groups is 2. The molecule has 1 saturated heterocycles. The van der Waals surface area contributed by atoms with Crippen LogP contribution in [0.3, 0.4) is 0 Å². The predicted octanol–water partition coefficient (Wildman–Crippen LogP) is 0.895. The average Bonchev–Trinajstić information content (AvgIpc) is 2.25. The standard InChI is InChI=1S/C11H19O4S/c1-10(12)14-5-6-15-11(13)9-16-7-3-2-4-8-16/h2-9H2,1H3/q+1. The lowest BCUT2D eigenvalue weighted by atomic mass is 10.3. The second kappa shape index (κ2) is 7.54. The Kier molecular flexibility index (Phi) is 6.30. The van der Waals surface area contributed by atoms with Crippen LogP contribution in [0.25, 0.3) is 0 Å². The molecule has 1 fully saturated rings. The third kappa shape index (κ3) is 6.00. The van der Waals surface area contributed by atoms with Crippen molar-refractivity contribution < 1.29 is 19.1 Å². The van der Waals surface area contributed by atoms with Gasteiger partial charge in [-0.15, -0.1) is 0 Å². The zero-order chi connectivity index (χ0) is 11.8. The molecule has 0 aromatic rings. The van der Waals surface area contributed by atoms with Gasteiger partial charge in [-0.3, -0.25) is 4.79 Å². The highest BCUT2D eigenvalue weighted by atomic mass is 32.2. The zero-order valence-corrected chi connectivity index (χ0v) is 10.5. The fourth-order valence-corrected chi connectivity index (χ4v) is 3.72. The summed E-state index contributed by atoms with van der Waals surface area (Å²) >= 11 is 0. The van der Waals surface area contributed by atoms with Gasteiger partial charge < -0.3 is 9.47 Å². The molecule has 0 amide bonds. The molecule has 92 valence electrons. The Morgan fingerprint density at radius 1 is 1.06 bits per heavy atom. The first-order chi connectivity index (χ1) is 7.68. The summed E-state index contributed by atoms with van der Waals surface area (Å²) in [6.07, 6.45) is 3.78. The van der Waals surface area contributed by atoms with Crippen molar-refractivity contribution >= 4 is 22.8 Å².